The van der Waals surface area contributed by atoms with E-state index >= 15 is 0 Å². The highest BCUT2D eigenvalue weighted by Crippen LogP contribution is 2.15. The van der Waals surface area contributed by atoms with Crippen LogP contribution < -0.4 is 0 Å². The fourth-order valence-corrected chi connectivity index (χ4v) is 5.89. The van der Waals surface area contributed by atoms with E-state index in [-0.39, 0.29) is 12.2 Å². The van der Waals surface area contributed by atoms with E-state index in [1.807, 2.05) is 26.2 Å². The maximum atomic E-state index is 11.9. The predicted octanol–water partition coefficient (Wildman–Crippen LogP) is 1.63. The fourth-order valence-electron chi connectivity index (χ4n) is 1.96. The summed E-state index contributed by atoms with van der Waals surface area (Å²) in [5.74, 6) is 0. The molecule has 0 radical (unpaired) electrons. The highest BCUT2D eigenvalue weighted by atomic mass is 28.4. The van der Waals surface area contributed by atoms with Gasteiger partial charge in [-0.3, -0.25) is 0 Å². The van der Waals surface area contributed by atoms with Gasteiger partial charge in [-0.15, -0.1) is 0 Å². The Bertz CT molecular complexity index is 326. The molecule has 8 heteroatoms. The van der Waals surface area contributed by atoms with Crippen LogP contribution in [0.15, 0.2) is 0 Å². The largest absolute Gasteiger partial charge is 0.502 e. The molecule has 6 nitrogen and oxygen atoms in total. The van der Waals surface area contributed by atoms with Crippen LogP contribution in [0.5, 0.6) is 0 Å². The van der Waals surface area contributed by atoms with Crippen LogP contribution >= 0.6 is 0 Å². The maximum absolute atomic E-state index is 11.9. The number of nitrogens with zero attached hydrogens (tertiary/aromatic N) is 2. The third kappa shape index (κ3) is 4.02. The zero-order valence-corrected chi connectivity index (χ0v) is 13.9. The molecule has 0 aliphatic carbocycles. The average molecular weight is 290 g/mol. The molecular formula is C10H22N2O4Si2. The highest BCUT2D eigenvalue weighted by Gasteiger charge is 2.38. The van der Waals surface area contributed by atoms with E-state index in [4.69, 9.17) is 8.85 Å². The Kier molecular flexibility index (Phi) is 4.11. The van der Waals surface area contributed by atoms with Crippen LogP contribution in [0, 0.1) is 0 Å². The first-order chi connectivity index (χ1) is 8.02. The van der Waals surface area contributed by atoms with E-state index in [0.29, 0.717) is 12.3 Å². The summed E-state index contributed by atoms with van der Waals surface area (Å²) in [5, 5.41) is 0. The van der Waals surface area contributed by atoms with Crippen molar-refractivity contribution in [2.45, 2.75) is 26.2 Å². The van der Waals surface area contributed by atoms with Crippen LogP contribution in [-0.2, 0) is 8.85 Å². The molecule has 1 aliphatic heterocycles. The second-order valence-corrected chi connectivity index (χ2v) is 14.0. The molecule has 0 atom stereocenters. The Hall–Kier alpha value is -1.03. The van der Waals surface area contributed by atoms with Gasteiger partial charge in [-0.2, -0.15) is 0 Å². The molecule has 0 spiro atoms. The zero-order chi connectivity index (χ0) is 14.1. The molecule has 0 aromatic rings. The van der Waals surface area contributed by atoms with Gasteiger partial charge < -0.3 is 18.7 Å². The number of carbonyl (C=O) groups is 2. The molecule has 0 bridgehead atoms. The first kappa shape index (κ1) is 15.0. The number of carbonyl (C=O) groups excluding carboxylic acids is 2. The Labute approximate surface area is 110 Å². The van der Waals surface area contributed by atoms with Crippen molar-refractivity contribution in [3.63, 3.8) is 0 Å². The van der Waals surface area contributed by atoms with Crippen molar-refractivity contribution >= 4 is 28.8 Å². The van der Waals surface area contributed by atoms with Crippen LogP contribution in [0.4, 0.5) is 9.59 Å². The molecule has 104 valence electrons. The molecule has 1 aliphatic rings. The first-order valence-corrected chi connectivity index (χ1v) is 12.1. The van der Waals surface area contributed by atoms with Gasteiger partial charge in [0.25, 0.3) is 16.6 Å². The molecule has 1 heterocycles. The van der Waals surface area contributed by atoms with E-state index in [1.165, 1.54) is 9.80 Å². The van der Waals surface area contributed by atoms with Gasteiger partial charge in [-0.05, 0) is 26.2 Å². The Morgan fingerprint density at radius 2 is 1.11 bits per heavy atom. The number of hydrogen-bond donors (Lipinski definition) is 0. The number of hydrogen-bond acceptors (Lipinski definition) is 4. The molecule has 2 amide bonds. The second kappa shape index (κ2) is 4.92. The minimum Gasteiger partial charge on any atom is -0.502 e. The van der Waals surface area contributed by atoms with E-state index < -0.39 is 16.6 Å². The zero-order valence-electron chi connectivity index (χ0n) is 11.9. The molecule has 0 aromatic carbocycles. The SMILES string of the molecule is CN1C[Si](C)(C)OC(=O)N(C)C[Si](C)(C)OC1=O. The standard InChI is InChI=1S/C10H22N2O4Si2/c1-11-7-17(3,4)16-10(14)12(2)8-18(5,6)15-9(11)13/h7-8H2,1-6H3. The van der Waals surface area contributed by atoms with Gasteiger partial charge in [0.15, 0.2) is 0 Å². The van der Waals surface area contributed by atoms with Gasteiger partial charge in [0, 0.05) is 14.1 Å². The van der Waals surface area contributed by atoms with Crippen molar-refractivity contribution in [3.8, 4) is 0 Å². The van der Waals surface area contributed by atoms with Gasteiger partial charge in [0.1, 0.15) is 0 Å². The summed E-state index contributed by atoms with van der Waals surface area (Å²) in [6.07, 6.45) is 0.239. The van der Waals surface area contributed by atoms with Gasteiger partial charge >= 0.3 is 12.2 Å². The van der Waals surface area contributed by atoms with Gasteiger partial charge in [0.05, 0.1) is 12.3 Å². The lowest BCUT2D eigenvalue weighted by Crippen LogP contribution is -2.56. The monoisotopic (exact) mass is 290 g/mol. The lowest BCUT2D eigenvalue weighted by Gasteiger charge is -2.36. The summed E-state index contributed by atoms with van der Waals surface area (Å²) < 4.78 is 11.1. The molecule has 0 saturated carbocycles. The summed E-state index contributed by atoms with van der Waals surface area (Å²) in [6, 6.07) is 0. The maximum Gasteiger partial charge on any atom is 0.395 e. The summed E-state index contributed by atoms with van der Waals surface area (Å²) in [7, 11) is -1.11. The molecule has 1 rings (SSSR count). The molecule has 0 aromatic heterocycles. The molecule has 1 saturated heterocycles. The predicted molar refractivity (Wildman–Crippen MR) is 73.2 cm³/mol. The molecular weight excluding hydrogens is 268 g/mol. The van der Waals surface area contributed by atoms with Crippen molar-refractivity contribution in [1.82, 2.24) is 9.80 Å². The Morgan fingerprint density at radius 3 is 1.39 bits per heavy atom. The van der Waals surface area contributed by atoms with E-state index in [9.17, 15) is 9.59 Å². The van der Waals surface area contributed by atoms with Gasteiger partial charge in [-0.25, -0.2) is 9.59 Å². The van der Waals surface area contributed by atoms with Gasteiger partial charge in [-0.1, -0.05) is 0 Å². The summed E-state index contributed by atoms with van der Waals surface area (Å²) in [4.78, 5) is 26.9. The summed E-state index contributed by atoms with van der Waals surface area (Å²) in [6.45, 7) is 7.64. The fraction of sp³-hybridized carbons (Fsp3) is 0.800. The molecule has 0 N–H and O–H groups in total. The minimum atomic E-state index is -2.23. The normalized spacial score (nSPS) is 24.3. The van der Waals surface area contributed by atoms with Crippen LogP contribution in [-0.4, -0.2) is 65.1 Å². The summed E-state index contributed by atoms with van der Waals surface area (Å²) in [5.41, 5.74) is 0. The highest BCUT2D eigenvalue weighted by molar-refractivity contribution is 6.74. The van der Waals surface area contributed by atoms with Crippen LogP contribution in [0.1, 0.15) is 0 Å². The van der Waals surface area contributed by atoms with E-state index in [0.717, 1.165) is 0 Å². The second-order valence-electron chi connectivity index (χ2n) is 5.97. The van der Waals surface area contributed by atoms with Crippen molar-refractivity contribution in [1.29, 1.82) is 0 Å². The third-order valence-corrected chi connectivity index (χ3v) is 6.51. The first-order valence-electron chi connectivity index (χ1n) is 5.91. The third-order valence-electron chi connectivity index (χ3n) is 2.59. The van der Waals surface area contributed by atoms with Crippen molar-refractivity contribution in [2.75, 3.05) is 26.4 Å². The Balaban J connectivity index is 2.96. The van der Waals surface area contributed by atoms with Crippen molar-refractivity contribution < 1.29 is 18.4 Å². The lowest BCUT2D eigenvalue weighted by molar-refractivity contribution is 0.145. The topological polar surface area (TPSA) is 59.1 Å². The van der Waals surface area contributed by atoms with E-state index in [2.05, 4.69) is 0 Å². The van der Waals surface area contributed by atoms with E-state index in [1.54, 1.807) is 14.1 Å². The molecule has 0 unspecified atom stereocenters. The molecule has 18 heavy (non-hydrogen) atoms. The quantitative estimate of drug-likeness (QED) is 0.636. The minimum absolute atomic E-state index is 0.321. The Morgan fingerprint density at radius 1 is 0.833 bits per heavy atom. The summed E-state index contributed by atoms with van der Waals surface area (Å²) >= 11 is 0. The molecule has 1 fully saturated rings. The van der Waals surface area contributed by atoms with Crippen LogP contribution in [0.2, 0.25) is 26.2 Å². The van der Waals surface area contributed by atoms with Crippen molar-refractivity contribution in [3.05, 3.63) is 0 Å². The van der Waals surface area contributed by atoms with Crippen molar-refractivity contribution in [2.24, 2.45) is 0 Å². The van der Waals surface area contributed by atoms with Gasteiger partial charge in [0.2, 0.25) is 0 Å². The van der Waals surface area contributed by atoms with Crippen LogP contribution in [0.25, 0.3) is 0 Å². The number of rotatable bonds is 0. The number of amides is 2. The lowest BCUT2D eigenvalue weighted by atomic mass is 10.9. The average Bonchev–Trinajstić information content (AvgIpc) is 2.12. The van der Waals surface area contributed by atoms with Crippen LogP contribution in [0.3, 0.4) is 0 Å². The smallest absolute Gasteiger partial charge is 0.395 e.